The van der Waals surface area contributed by atoms with Crippen molar-refractivity contribution in [3.8, 4) is 34.5 Å². The molecule has 1 heterocycles. The van der Waals surface area contributed by atoms with E-state index >= 15 is 0 Å². The second-order valence-electron chi connectivity index (χ2n) is 10.5. The zero-order valence-electron chi connectivity index (χ0n) is 25.7. The van der Waals surface area contributed by atoms with Crippen LogP contribution in [0.5, 0.6) is 34.5 Å². The summed E-state index contributed by atoms with van der Waals surface area (Å²) in [6, 6.07) is 56.3. The molecule has 1 aliphatic heterocycles. The van der Waals surface area contributed by atoms with Gasteiger partial charge in [0.2, 0.25) is 0 Å². The first-order valence-corrected chi connectivity index (χ1v) is 20.4. The maximum absolute atomic E-state index is 6.89. The van der Waals surface area contributed by atoms with Gasteiger partial charge in [-0.1, -0.05) is 0 Å². The Morgan fingerprint density at radius 1 is 0.375 bits per heavy atom. The van der Waals surface area contributed by atoms with E-state index in [0.29, 0.717) is 34.5 Å². The van der Waals surface area contributed by atoms with Gasteiger partial charge in [-0.05, 0) is 0 Å². The first kappa shape index (κ1) is 31.7. The van der Waals surface area contributed by atoms with Crippen molar-refractivity contribution < 1.29 is 27.1 Å². The molecule has 0 spiro atoms. The summed E-state index contributed by atoms with van der Waals surface area (Å²) in [7, 11) is -11.8. The number of rotatable bonds is 12. The van der Waals surface area contributed by atoms with Gasteiger partial charge in [0.15, 0.2) is 0 Å². The predicted octanol–water partition coefficient (Wildman–Crippen LogP) is 10.4. The molecule has 9 nitrogen and oxygen atoms in total. The van der Waals surface area contributed by atoms with Crippen LogP contribution in [0, 0.1) is 0 Å². The van der Waals surface area contributed by atoms with Crippen LogP contribution in [-0.2, 0) is 0 Å². The summed E-state index contributed by atoms with van der Waals surface area (Å²) in [5.74, 6) is 3.17. The Morgan fingerprint density at radius 3 is 1.00 bits per heavy atom. The summed E-state index contributed by atoms with van der Waals surface area (Å²) in [6.45, 7) is 0. The van der Waals surface area contributed by atoms with Gasteiger partial charge in [-0.3, -0.25) is 0 Å². The number of para-hydroxylation sites is 6. The van der Waals surface area contributed by atoms with Crippen LogP contribution in [0.2, 0.25) is 0 Å². The molecule has 0 saturated heterocycles. The Kier molecular flexibility index (Phi) is 9.57. The van der Waals surface area contributed by atoms with Crippen LogP contribution in [0.1, 0.15) is 0 Å². The van der Waals surface area contributed by atoms with Gasteiger partial charge in [0.1, 0.15) is 0 Å². The quantitative estimate of drug-likeness (QED) is 0.122. The van der Waals surface area contributed by atoms with Gasteiger partial charge in [0, 0.05) is 0 Å². The molecule has 1 aliphatic rings. The number of nitrogens with one attached hydrogen (secondary N) is 2. The third-order valence-electron chi connectivity index (χ3n) is 6.83. The molecule has 0 saturated carbocycles. The Labute approximate surface area is 280 Å². The topological polar surface area (TPSA) is 91.8 Å². The van der Waals surface area contributed by atoms with E-state index < -0.39 is 23.7 Å². The zero-order chi connectivity index (χ0) is 32.5. The Bertz CT molecular complexity index is 1820. The van der Waals surface area contributed by atoms with Gasteiger partial charge in [-0.2, -0.15) is 0 Å². The van der Waals surface area contributed by atoms with E-state index in [4.69, 9.17) is 31.7 Å². The van der Waals surface area contributed by atoms with Crippen molar-refractivity contribution >= 4 is 23.7 Å². The number of hydrogen-bond donors (Lipinski definition) is 2. The van der Waals surface area contributed by atoms with Crippen LogP contribution >= 0.6 is 23.7 Å². The van der Waals surface area contributed by atoms with Crippen molar-refractivity contribution in [2.24, 2.45) is 4.52 Å². The van der Waals surface area contributed by atoms with Crippen molar-refractivity contribution in [1.29, 1.82) is 0 Å². The molecule has 0 unspecified atom stereocenters. The van der Waals surface area contributed by atoms with Crippen molar-refractivity contribution in [2.45, 2.75) is 0 Å². The summed E-state index contributed by atoms with van der Waals surface area (Å²) in [6.07, 6.45) is 0. The van der Waals surface area contributed by atoms with Crippen molar-refractivity contribution in [3.05, 3.63) is 182 Å². The Balaban J connectivity index is 1.48. The maximum atomic E-state index is 6.89. The molecule has 0 bridgehead atoms. The van der Waals surface area contributed by atoms with Crippen molar-refractivity contribution in [2.75, 3.05) is 0 Å². The molecular weight excluding hydrogens is 663 g/mol. The average molecular weight is 698 g/mol. The third kappa shape index (κ3) is 7.98. The molecule has 6 aromatic carbocycles. The van der Waals surface area contributed by atoms with Gasteiger partial charge in [-0.25, -0.2) is 0 Å². The van der Waals surface area contributed by atoms with E-state index in [1.54, 1.807) is 0 Å². The fourth-order valence-corrected chi connectivity index (χ4v) is 16.4. The molecule has 0 radical (unpaired) electrons. The number of hydrogen-bond acceptors (Lipinski definition) is 9. The summed E-state index contributed by atoms with van der Waals surface area (Å²) in [5.41, 5.74) is 0. The van der Waals surface area contributed by atoms with E-state index in [1.165, 1.54) is 0 Å². The SMILES string of the molecule is c1ccc(OP2(Oc3ccccc3)=N[PH](Oc3ccccc3)(Oc3ccccc3)N[PH](Oc3ccccc3)(Oc3ccccc3)N2)cc1. The molecule has 2 N–H and O–H groups in total. The minimum atomic E-state index is -4.13. The van der Waals surface area contributed by atoms with E-state index in [1.807, 2.05) is 182 Å². The number of benzene rings is 6. The van der Waals surface area contributed by atoms with Crippen LogP contribution in [0.4, 0.5) is 0 Å². The van der Waals surface area contributed by atoms with E-state index in [9.17, 15) is 0 Å². The first-order valence-electron chi connectivity index (χ1n) is 15.3. The van der Waals surface area contributed by atoms with Gasteiger partial charge in [-0.15, -0.1) is 0 Å². The van der Waals surface area contributed by atoms with Gasteiger partial charge >= 0.3 is 282 Å². The summed E-state index contributed by atoms with van der Waals surface area (Å²) in [4.78, 5) is 7.14. The summed E-state index contributed by atoms with van der Waals surface area (Å²) >= 11 is 0. The first-order chi connectivity index (χ1) is 23.6. The van der Waals surface area contributed by atoms with E-state index in [0.717, 1.165) is 0 Å². The van der Waals surface area contributed by atoms with Crippen LogP contribution in [0.25, 0.3) is 0 Å². The Morgan fingerprint density at radius 2 is 0.667 bits per heavy atom. The molecule has 0 aromatic heterocycles. The molecule has 6 aromatic rings. The summed E-state index contributed by atoms with van der Waals surface area (Å²) in [5, 5.41) is 0. The second-order valence-corrected chi connectivity index (χ2v) is 17.8. The van der Waals surface area contributed by atoms with Crippen molar-refractivity contribution in [3.63, 3.8) is 0 Å². The Hall–Kier alpha value is -4.87. The summed E-state index contributed by atoms with van der Waals surface area (Å²) < 4.78 is 46.4. The molecule has 0 atom stereocenters. The van der Waals surface area contributed by atoms with Crippen LogP contribution in [0.15, 0.2) is 187 Å². The molecule has 7 rings (SSSR count). The molecule has 244 valence electrons. The molecule has 0 amide bonds. The molecule has 12 heteroatoms. The average Bonchev–Trinajstić information content (AvgIpc) is 3.10. The van der Waals surface area contributed by atoms with Gasteiger partial charge in [0.05, 0.1) is 0 Å². The fraction of sp³-hybridized carbons (Fsp3) is 0. The van der Waals surface area contributed by atoms with E-state index in [-0.39, 0.29) is 0 Å². The monoisotopic (exact) mass is 697 g/mol. The van der Waals surface area contributed by atoms with Crippen LogP contribution in [-0.4, -0.2) is 0 Å². The molecule has 0 aliphatic carbocycles. The van der Waals surface area contributed by atoms with E-state index in [2.05, 4.69) is 9.72 Å². The standard InChI is InChI=1S/C36H34N3O6P3/c1-7-19-31(20-8-1)40-46(41-32-21-9-2-10-22-32)37-47(42-33-23-11-3-12-24-33,43-34-25-13-4-14-26-34)39-48(38-46,44-35-27-15-5-16-28-35)45-36-29-17-6-18-30-36/h1-30,37-38,46-47H. The van der Waals surface area contributed by atoms with Crippen LogP contribution in [0.3, 0.4) is 0 Å². The zero-order valence-corrected chi connectivity index (χ0v) is 28.6. The van der Waals surface area contributed by atoms with Gasteiger partial charge in [0.25, 0.3) is 0 Å². The normalized spacial score (nSPS) is 16.9. The minimum absolute atomic E-state index is 0.518. The molecule has 0 fully saturated rings. The fourth-order valence-electron chi connectivity index (χ4n) is 4.83. The van der Waals surface area contributed by atoms with Crippen molar-refractivity contribution in [1.82, 2.24) is 9.72 Å². The van der Waals surface area contributed by atoms with Crippen LogP contribution < -0.4 is 36.9 Å². The third-order valence-corrected chi connectivity index (χ3v) is 16.8. The van der Waals surface area contributed by atoms with Gasteiger partial charge < -0.3 is 0 Å². The second kappa shape index (κ2) is 14.5. The molecule has 48 heavy (non-hydrogen) atoms. The molecular formula is C36H34N3O6P3. The number of nitrogens with zero attached hydrogens (tertiary/aromatic N) is 1. The predicted molar refractivity (Wildman–Crippen MR) is 195 cm³/mol.